The van der Waals surface area contributed by atoms with Crippen LogP contribution in [0.25, 0.3) is 11.1 Å². The van der Waals surface area contributed by atoms with Gasteiger partial charge in [0.15, 0.2) is 10.9 Å². The number of ether oxygens (including phenoxy) is 1. The summed E-state index contributed by atoms with van der Waals surface area (Å²) < 4.78 is 5.88. The van der Waals surface area contributed by atoms with E-state index in [1.54, 1.807) is 11.3 Å². The van der Waals surface area contributed by atoms with Crippen molar-refractivity contribution in [3.8, 4) is 11.1 Å². The molecule has 0 radical (unpaired) electrons. The molecule has 0 saturated carbocycles. The number of morpholine rings is 1. The number of Topliss-reactive ketones (excluding diaryl/α,β-unsaturated/α-hetero) is 1. The third-order valence-electron chi connectivity index (χ3n) is 6.65. The van der Waals surface area contributed by atoms with Gasteiger partial charge in [0.2, 0.25) is 0 Å². The van der Waals surface area contributed by atoms with E-state index in [4.69, 9.17) is 9.72 Å². The van der Waals surface area contributed by atoms with Crippen LogP contribution >= 0.6 is 11.3 Å². The lowest BCUT2D eigenvalue weighted by atomic mass is 9.78. The highest BCUT2D eigenvalue weighted by Gasteiger charge is 2.36. The number of carbonyl (C=O) groups excluding carboxylic acids is 1. The molecular formula is C28H32N2O2S. The molecule has 1 atom stereocenters. The molecule has 172 valence electrons. The van der Waals surface area contributed by atoms with Crippen LogP contribution in [-0.4, -0.2) is 36.6 Å². The number of nitrogens with zero attached hydrogens (tertiary/aromatic N) is 2. The highest BCUT2D eigenvalue weighted by molar-refractivity contribution is 7.17. The molecule has 1 aromatic heterocycles. The molecular weight excluding hydrogens is 428 g/mol. The zero-order valence-electron chi connectivity index (χ0n) is 20.0. The van der Waals surface area contributed by atoms with E-state index in [0.717, 1.165) is 35.1 Å². The van der Waals surface area contributed by atoms with Crippen molar-refractivity contribution in [2.75, 3.05) is 24.7 Å². The van der Waals surface area contributed by atoms with E-state index in [2.05, 4.69) is 75.1 Å². The van der Waals surface area contributed by atoms with Crippen LogP contribution in [0.15, 0.2) is 42.5 Å². The van der Waals surface area contributed by atoms with Gasteiger partial charge in [-0.25, -0.2) is 4.98 Å². The first-order chi connectivity index (χ1) is 15.8. The Balaban J connectivity index is 1.40. The second kappa shape index (κ2) is 8.69. The number of ketones is 1. The van der Waals surface area contributed by atoms with Crippen LogP contribution in [0.5, 0.6) is 0 Å². The lowest BCUT2D eigenvalue weighted by Crippen LogP contribution is -2.46. The number of carbonyl (C=O) groups is 1. The molecule has 0 unspecified atom stereocenters. The fourth-order valence-corrected chi connectivity index (χ4v) is 6.32. The van der Waals surface area contributed by atoms with Crippen LogP contribution in [0, 0.1) is 19.3 Å². The summed E-state index contributed by atoms with van der Waals surface area (Å²) in [6.07, 6.45) is 2.37. The zero-order chi connectivity index (χ0) is 23.2. The van der Waals surface area contributed by atoms with Gasteiger partial charge in [-0.2, -0.15) is 0 Å². The van der Waals surface area contributed by atoms with Crippen LogP contribution < -0.4 is 4.90 Å². The average molecular weight is 461 g/mol. The quantitative estimate of drug-likeness (QED) is 0.477. The predicted molar refractivity (Wildman–Crippen MR) is 136 cm³/mol. The third-order valence-corrected chi connectivity index (χ3v) is 7.83. The van der Waals surface area contributed by atoms with Crippen molar-refractivity contribution in [2.24, 2.45) is 5.41 Å². The second-order valence-electron chi connectivity index (χ2n) is 10.4. The molecule has 1 saturated heterocycles. The first-order valence-electron chi connectivity index (χ1n) is 11.8. The molecule has 1 fully saturated rings. The van der Waals surface area contributed by atoms with Gasteiger partial charge < -0.3 is 9.64 Å². The monoisotopic (exact) mass is 460 g/mol. The Hall–Kier alpha value is -2.50. The van der Waals surface area contributed by atoms with Gasteiger partial charge in [0.05, 0.1) is 29.8 Å². The fourth-order valence-electron chi connectivity index (χ4n) is 5.20. The first-order valence-corrected chi connectivity index (χ1v) is 12.6. The molecule has 5 heteroatoms. The van der Waals surface area contributed by atoms with Crippen LogP contribution in [0.3, 0.4) is 0 Å². The maximum absolute atomic E-state index is 12.7. The number of anilines is 1. The lowest BCUT2D eigenvalue weighted by Gasteiger charge is -2.35. The summed E-state index contributed by atoms with van der Waals surface area (Å²) in [6.45, 7) is 10.8. The number of hydrogen-bond donors (Lipinski definition) is 0. The second-order valence-corrected chi connectivity index (χ2v) is 11.4. The molecule has 3 aromatic rings. The number of thiazole rings is 1. The third kappa shape index (κ3) is 4.75. The van der Waals surface area contributed by atoms with Crippen LogP contribution in [0.2, 0.25) is 0 Å². The van der Waals surface area contributed by atoms with E-state index >= 15 is 0 Å². The summed E-state index contributed by atoms with van der Waals surface area (Å²) in [5.74, 6) is 0.246. The Morgan fingerprint density at radius 1 is 1.09 bits per heavy atom. The zero-order valence-corrected chi connectivity index (χ0v) is 20.8. The molecule has 1 aliphatic carbocycles. The minimum atomic E-state index is -0.00553. The van der Waals surface area contributed by atoms with E-state index < -0.39 is 0 Å². The van der Waals surface area contributed by atoms with E-state index in [1.807, 2.05) is 0 Å². The highest BCUT2D eigenvalue weighted by Crippen LogP contribution is 2.40. The van der Waals surface area contributed by atoms with Crippen LogP contribution in [-0.2, 0) is 17.6 Å². The summed E-state index contributed by atoms with van der Waals surface area (Å²) in [7, 11) is 0. The highest BCUT2D eigenvalue weighted by atomic mass is 32.1. The molecule has 0 N–H and O–H groups in total. The van der Waals surface area contributed by atoms with Crippen LogP contribution in [0.1, 0.15) is 52.3 Å². The molecule has 2 aliphatic rings. The van der Waals surface area contributed by atoms with Crippen molar-refractivity contribution in [1.82, 2.24) is 4.98 Å². The van der Waals surface area contributed by atoms with E-state index in [9.17, 15) is 4.79 Å². The molecule has 4 nitrogen and oxygen atoms in total. The molecule has 1 aliphatic heterocycles. The van der Waals surface area contributed by atoms with E-state index in [-0.39, 0.29) is 17.2 Å². The lowest BCUT2D eigenvalue weighted by molar-refractivity contribution is 0.0915. The Kier molecular flexibility index (Phi) is 5.87. The van der Waals surface area contributed by atoms with Gasteiger partial charge in [0.25, 0.3) is 0 Å². The van der Waals surface area contributed by atoms with Crippen molar-refractivity contribution < 1.29 is 9.53 Å². The van der Waals surface area contributed by atoms with Gasteiger partial charge in [0.1, 0.15) is 0 Å². The fraction of sp³-hybridized carbons (Fsp3) is 0.429. The summed E-state index contributed by atoms with van der Waals surface area (Å²) in [4.78, 5) is 20.9. The molecule has 0 amide bonds. The number of aromatic nitrogens is 1. The van der Waals surface area contributed by atoms with Crippen molar-refractivity contribution >= 4 is 22.3 Å². The SMILES string of the molecule is Cc1cc(C)cc(-c2cccc(C[C@H]3COCCN3c3nc4c(s3)C(=O)CC(C)(C)C4)c2)c1. The Morgan fingerprint density at radius 2 is 1.88 bits per heavy atom. The van der Waals surface area contributed by atoms with Gasteiger partial charge in [-0.3, -0.25) is 4.79 Å². The molecule has 5 rings (SSSR count). The van der Waals surface area contributed by atoms with Crippen molar-refractivity contribution in [1.29, 1.82) is 0 Å². The minimum Gasteiger partial charge on any atom is -0.377 e. The Bertz CT molecular complexity index is 1180. The topological polar surface area (TPSA) is 42.4 Å². The van der Waals surface area contributed by atoms with Gasteiger partial charge in [-0.1, -0.05) is 78.8 Å². The molecule has 0 spiro atoms. The standard InChI is InChI=1S/C28H32N2O2S/c1-18-10-19(2)12-22(11-18)21-7-5-6-20(13-21)14-23-17-32-9-8-30(23)27-29-24-15-28(3,4)16-25(31)26(24)33-27/h5-7,10-13,23H,8-9,14-17H2,1-4H3/t23-/m0/s1. The Labute approximate surface area is 200 Å². The van der Waals surface area contributed by atoms with Crippen molar-refractivity contribution in [3.63, 3.8) is 0 Å². The maximum Gasteiger partial charge on any atom is 0.186 e. The number of aryl methyl sites for hydroxylation is 2. The average Bonchev–Trinajstić information content (AvgIpc) is 3.17. The number of rotatable bonds is 4. The molecule has 33 heavy (non-hydrogen) atoms. The summed E-state index contributed by atoms with van der Waals surface area (Å²) >= 11 is 1.58. The van der Waals surface area contributed by atoms with Gasteiger partial charge in [-0.15, -0.1) is 0 Å². The van der Waals surface area contributed by atoms with Crippen molar-refractivity contribution in [3.05, 3.63) is 69.7 Å². The molecule has 0 bridgehead atoms. The van der Waals surface area contributed by atoms with E-state index in [1.165, 1.54) is 27.8 Å². The predicted octanol–water partition coefficient (Wildman–Crippen LogP) is 6.03. The van der Waals surface area contributed by atoms with Crippen LogP contribution in [0.4, 0.5) is 5.13 Å². The maximum atomic E-state index is 12.7. The largest absolute Gasteiger partial charge is 0.377 e. The first kappa shape index (κ1) is 22.3. The normalized spacial score (nSPS) is 20.1. The summed E-state index contributed by atoms with van der Waals surface area (Å²) in [5, 5.41) is 0.977. The Morgan fingerprint density at radius 3 is 2.67 bits per heavy atom. The summed E-state index contributed by atoms with van der Waals surface area (Å²) in [6, 6.07) is 15.8. The number of benzene rings is 2. The molecule has 2 aromatic carbocycles. The molecule has 2 heterocycles. The van der Waals surface area contributed by atoms with Gasteiger partial charge in [-0.05, 0) is 48.8 Å². The smallest absolute Gasteiger partial charge is 0.186 e. The minimum absolute atomic E-state index is 0.00553. The van der Waals surface area contributed by atoms with Gasteiger partial charge in [0, 0.05) is 13.0 Å². The number of hydrogen-bond acceptors (Lipinski definition) is 5. The number of fused-ring (bicyclic) bond motifs is 1. The van der Waals surface area contributed by atoms with Gasteiger partial charge >= 0.3 is 0 Å². The van der Waals surface area contributed by atoms with Crippen molar-refractivity contribution in [2.45, 2.75) is 53.0 Å². The van der Waals surface area contributed by atoms with E-state index in [0.29, 0.717) is 19.6 Å². The summed E-state index contributed by atoms with van der Waals surface area (Å²) in [5.41, 5.74) is 7.36.